The Hall–Kier alpha value is -2.25. The third-order valence-corrected chi connectivity index (χ3v) is 4.21. The second-order valence-corrected chi connectivity index (χ2v) is 6.11. The normalized spacial score (nSPS) is 10.4. The zero-order chi connectivity index (χ0) is 16.8. The predicted molar refractivity (Wildman–Crippen MR) is 85.3 cm³/mol. The van der Waals surface area contributed by atoms with E-state index in [1.54, 1.807) is 18.2 Å². The number of amides is 2. The molecule has 0 atom stereocenters. The molecule has 0 saturated carbocycles. The third-order valence-electron chi connectivity index (χ3n) is 3.13. The van der Waals surface area contributed by atoms with Crippen LogP contribution in [-0.4, -0.2) is 16.9 Å². The lowest BCUT2D eigenvalue weighted by Crippen LogP contribution is -2.22. The van der Waals surface area contributed by atoms with Crippen LogP contribution >= 0.6 is 11.3 Å². The molecule has 3 N–H and O–H groups in total. The molecule has 0 radical (unpaired) electrons. The van der Waals surface area contributed by atoms with Gasteiger partial charge >= 0.3 is 0 Å². The predicted octanol–water partition coefficient (Wildman–Crippen LogP) is 1.95. The molecule has 7 heteroatoms. The fraction of sp³-hybridized carbons (Fsp3) is 0.250. The van der Waals surface area contributed by atoms with Crippen molar-refractivity contribution >= 4 is 23.2 Å². The summed E-state index contributed by atoms with van der Waals surface area (Å²) in [5, 5.41) is 14.4. The van der Waals surface area contributed by atoms with Gasteiger partial charge in [0.15, 0.2) is 0 Å². The molecule has 0 aliphatic carbocycles. The average molecular weight is 336 g/mol. The van der Waals surface area contributed by atoms with Crippen LogP contribution in [0.3, 0.4) is 0 Å². The van der Waals surface area contributed by atoms with Crippen molar-refractivity contribution in [3.8, 4) is 0 Å². The smallest absolute Gasteiger partial charge is 0.261 e. The molecule has 0 unspecified atom stereocenters. The fourth-order valence-corrected chi connectivity index (χ4v) is 2.80. The van der Waals surface area contributed by atoms with Crippen molar-refractivity contribution in [2.75, 3.05) is 0 Å². The lowest BCUT2D eigenvalue weighted by atomic mass is 10.1. The second kappa shape index (κ2) is 7.85. The van der Waals surface area contributed by atoms with Gasteiger partial charge < -0.3 is 15.7 Å². The minimum Gasteiger partial charge on any atom is -0.392 e. The Balaban J connectivity index is 1.93. The van der Waals surface area contributed by atoms with E-state index >= 15 is 0 Å². The molecule has 0 aliphatic rings. The minimum atomic E-state index is -0.469. The molecule has 5 nitrogen and oxygen atoms in total. The number of hydrogen-bond donors (Lipinski definition) is 3. The summed E-state index contributed by atoms with van der Waals surface area (Å²) in [6, 6.07) is 7.83. The van der Waals surface area contributed by atoms with Crippen molar-refractivity contribution in [2.45, 2.75) is 26.6 Å². The monoisotopic (exact) mass is 336 g/mol. The van der Waals surface area contributed by atoms with Crippen LogP contribution in [0.15, 0.2) is 30.3 Å². The first-order chi connectivity index (χ1) is 11.0. The van der Waals surface area contributed by atoms with Crippen molar-refractivity contribution in [1.29, 1.82) is 0 Å². The highest BCUT2D eigenvalue weighted by atomic mass is 32.1. The summed E-state index contributed by atoms with van der Waals surface area (Å²) in [5.74, 6) is -0.831. The van der Waals surface area contributed by atoms with Gasteiger partial charge in [-0.3, -0.25) is 9.59 Å². The summed E-state index contributed by atoms with van der Waals surface area (Å²) >= 11 is 1.30. The van der Waals surface area contributed by atoms with Crippen LogP contribution in [0, 0.1) is 5.82 Å². The average Bonchev–Trinajstić information content (AvgIpc) is 3.01. The van der Waals surface area contributed by atoms with Crippen LogP contribution in [0.4, 0.5) is 4.39 Å². The van der Waals surface area contributed by atoms with E-state index in [0.29, 0.717) is 17.0 Å². The molecule has 0 aliphatic heterocycles. The molecule has 1 aromatic heterocycles. The first-order valence-electron chi connectivity index (χ1n) is 6.99. The Morgan fingerprint density at radius 1 is 1.17 bits per heavy atom. The van der Waals surface area contributed by atoms with E-state index in [0.717, 1.165) is 4.88 Å². The molecular formula is C16H17FN2O3S. The molecular weight excluding hydrogens is 319 g/mol. The summed E-state index contributed by atoms with van der Waals surface area (Å²) < 4.78 is 13.3. The van der Waals surface area contributed by atoms with E-state index in [1.807, 2.05) is 0 Å². The lowest BCUT2D eigenvalue weighted by molar-refractivity contribution is -0.119. The number of carbonyl (C=O) groups excluding carboxylic acids is 2. The van der Waals surface area contributed by atoms with Gasteiger partial charge in [-0.05, 0) is 29.8 Å². The van der Waals surface area contributed by atoms with Gasteiger partial charge in [0.1, 0.15) is 5.82 Å². The maximum Gasteiger partial charge on any atom is 0.261 e. The third kappa shape index (κ3) is 4.87. The Bertz CT molecular complexity index is 715. The van der Waals surface area contributed by atoms with E-state index in [1.165, 1.54) is 30.4 Å². The number of hydrogen-bond acceptors (Lipinski definition) is 4. The lowest BCUT2D eigenvalue weighted by Gasteiger charge is -2.06. The number of benzene rings is 1. The van der Waals surface area contributed by atoms with Crippen molar-refractivity contribution in [2.24, 2.45) is 0 Å². The summed E-state index contributed by atoms with van der Waals surface area (Å²) in [6.45, 7) is 1.69. The molecule has 0 fully saturated rings. The van der Waals surface area contributed by atoms with Crippen LogP contribution in [0.25, 0.3) is 0 Å². The topological polar surface area (TPSA) is 78.4 Å². The van der Waals surface area contributed by atoms with Gasteiger partial charge in [0.2, 0.25) is 5.91 Å². The molecule has 2 amide bonds. The Morgan fingerprint density at radius 2 is 1.96 bits per heavy atom. The molecule has 2 aromatic rings. The van der Waals surface area contributed by atoms with E-state index in [9.17, 15) is 14.0 Å². The number of thiophene rings is 1. The van der Waals surface area contributed by atoms with Gasteiger partial charge in [-0.25, -0.2) is 4.39 Å². The zero-order valence-electron chi connectivity index (χ0n) is 12.6. The first kappa shape index (κ1) is 17.1. The van der Waals surface area contributed by atoms with E-state index in [-0.39, 0.29) is 30.5 Å². The van der Waals surface area contributed by atoms with Crippen molar-refractivity contribution in [3.63, 3.8) is 0 Å². The van der Waals surface area contributed by atoms with Crippen molar-refractivity contribution < 1.29 is 19.1 Å². The maximum absolute atomic E-state index is 13.3. The maximum atomic E-state index is 13.3. The summed E-state index contributed by atoms with van der Waals surface area (Å²) in [4.78, 5) is 24.4. The number of halogens is 1. The SMILES string of the molecule is CC(=O)NCc1ccc(C(=O)NCc2ccc(F)c(CO)c2)s1. The van der Waals surface area contributed by atoms with Gasteiger partial charge in [0.05, 0.1) is 18.0 Å². The van der Waals surface area contributed by atoms with Crippen molar-refractivity contribution in [3.05, 3.63) is 57.0 Å². The molecule has 0 spiro atoms. The van der Waals surface area contributed by atoms with E-state index < -0.39 is 5.82 Å². The van der Waals surface area contributed by atoms with Gasteiger partial charge in [-0.1, -0.05) is 6.07 Å². The highest BCUT2D eigenvalue weighted by molar-refractivity contribution is 7.14. The second-order valence-electron chi connectivity index (χ2n) is 4.94. The Kier molecular flexibility index (Phi) is 5.84. The number of nitrogens with one attached hydrogen (secondary N) is 2. The molecule has 2 rings (SSSR count). The summed E-state index contributed by atoms with van der Waals surface area (Å²) in [7, 11) is 0. The zero-order valence-corrected chi connectivity index (χ0v) is 13.4. The van der Waals surface area contributed by atoms with Crippen LogP contribution < -0.4 is 10.6 Å². The Morgan fingerprint density at radius 3 is 2.65 bits per heavy atom. The van der Waals surface area contributed by atoms with Crippen LogP contribution in [0.5, 0.6) is 0 Å². The van der Waals surface area contributed by atoms with Crippen LogP contribution in [-0.2, 0) is 24.5 Å². The van der Waals surface area contributed by atoms with Crippen molar-refractivity contribution in [1.82, 2.24) is 10.6 Å². The van der Waals surface area contributed by atoms with E-state index in [2.05, 4.69) is 10.6 Å². The van der Waals surface area contributed by atoms with Gasteiger partial charge in [0.25, 0.3) is 5.91 Å². The van der Waals surface area contributed by atoms with Crippen LogP contribution in [0.1, 0.15) is 32.6 Å². The summed E-state index contributed by atoms with van der Waals surface area (Å²) in [5.41, 5.74) is 0.907. The standard InChI is InChI=1S/C16H17FN2O3S/c1-10(21)18-8-13-3-5-15(23-13)16(22)19-7-11-2-4-14(17)12(6-11)9-20/h2-6,20H,7-9H2,1H3,(H,18,21)(H,19,22). The van der Waals surface area contributed by atoms with Gasteiger partial charge in [-0.15, -0.1) is 11.3 Å². The number of aliphatic hydroxyl groups excluding tert-OH is 1. The first-order valence-corrected chi connectivity index (χ1v) is 7.80. The largest absolute Gasteiger partial charge is 0.392 e. The molecule has 0 saturated heterocycles. The molecule has 122 valence electrons. The molecule has 0 bridgehead atoms. The highest BCUT2D eigenvalue weighted by Crippen LogP contribution is 2.17. The van der Waals surface area contributed by atoms with Gasteiger partial charge in [0, 0.05) is 23.9 Å². The quantitative estimate of drug-likeness (QED) is 0.754. The minimum absolute atomic E-state index is 0.125. The van der Waals surface area contributed by atoms with Gasteiger partial charge in [-0.2, -0.15) is 0 Å². The molecule has 1 aromatic carbocycles. The van der Waals surface area contributed by atoms with E-state index in [4.69, 9.17) is 5.11 Å². The van der Waals surface area contributed by atoms with Crippen LogP contribution in [0.2, 0.25) is 0 Å². The number of aliphatic hydroxyl groups is 1. The fourth-order valence-electron chi connectivity index (χ4n) is 1.94. The summed E-state index contributed by atoms with van der Waals surface area (Å²) in [6.07, 6.45) is 0. The number of rotatable bonds is 6. The molecule has 1 heterocycles. The Labute approximate surface area is 137 Å². The number of carbonyl (C=O) groups is 2. The highest BCUT2D eigenvalue weighted by Gasteiger charge is 2.10. The molecule has 23 heavy (non-hydrogen) atoms.